The number of rotatable bonds is 4. The number of nitrogens with zero attached hydrogens (tertiary/aromatic N) is 1. The summed E-state index contributed by atoms with van der Waals surface area (Å²) in [6.07, 6.45) is 3.03. The summed E-state index contributed by atoms with van der Waals surface area (Å²) in [7, 11) is 0. The molecule has 0 spiro atoms. The molecule has 1 aromatic heterocycles. The molecule has 0 bridgehead atoms. The van der Waals surface area contributed by atoms with Crippen molar-refractivity contribution in [2.75, 3.05) is 13.2 Å². The van der Waals surface area contributed by atoms with Gasteiger partial charge in [0.1, 0.15) is 6.04 Å². The summed E-state index contributed by atoms with van der Waals surface area (Å²) in [6.45, 7) is 2.81. The number of likely N-dealkylation sites (tertiary alicyclic amines) is 1. The van der Waals surface area contributed by atoms with E-state index in [4.69, 9.17) is 4.74 Å². The molecule has 19 heavy (non-hydrogen) atoms. The first-order chi connectivity index (χ1) is 9.22. The highest BCUT2D eigenvalue weighted by Crippen LogP contribution is 2.20. The van der Waals surface area contributed by atoms with Gasteiger partial charge in [0, 0.05) is 6.54 Å². The minimum absolute atomic E-state index is 0.0242. The number of hydrogen-bond donors (Lipinski definition) is 0. The molecule has 1 aliphatic rings. The maximum atomic E-state index is 12.3. The Labute approximate surface area is 117 Å². The summed E-state index contributed by atoms with van der Waals surface area (Å²) < 4.78 is 5.07. The number of amides is 1. The zero-order valence-electron chi connectivity index (χ0n) is 11.1. The van der Waals surface area contributed by atoms with Crippen molar-refractivity contribution >= 4 is 23.2 Å². The van der Waals surface area contributed by atoms with Gasteiger partial charge in [-0.15, -0.1) is 0 Å². The van der Waals surface area contributed by atoms with Crippen LogP contribution < -0.4 is 0 Å². The van der Waals surface area contributed by atoms with Crippen LogP contribution in [0.5, 0.6) is 0 Å². The Balaban J connectivity index is 2.02. The van der Waals surface area contributed by atoms with Gasteiger partial charge in [0.25, 0.3) is 0 Å². The van der Waals surface area contributed by atoms with Gasteiger partial charge < -0.3 is 9.64 Å². The summed E-state index contributed by atoms with van der Waals surface area (Å²) in [5.41, 5.74) is 1.02. The molecule has 1 aromatic rings. The maximum absolute atomic E-state index is 12.3. The molecular formula is C14H19NO3S. The third-order valence-electron chi connectivity index (χ3n) is 3.32. The van der Waals surface area contributed by atoms with E-state index in [-0.39, 0.29) is 17.9 Å². The predicted octanol–water partition coefficient (Wildman–Crippen LogP) is 2.23. The van der Waals surface area contributed by atoms with Crippen molar-refractivity contribution in [2.24, 2.45) is 0 Å². The lowest BCUT2D eigenvalue weighted by Crippen LogP contribution is -2.49. The van der Waals surface area contributed by atoms with E-state index in [1.807, 2.05) is 16.8 Å². The lowest BCUT2D eigenvalue weighted by molar-refractivity contribution is -0.156. The number of carbonyl (C=O) groups is 2. The van der Waals surface area contributed by atoms with Crippen LogP contribution in [0, 0.1) is 0 Å². The van der Waals surface area contributed by atoms with Gasteiger partial charge in [0.05, 0.1) is 13.0 Å². The van der Waals surface area contributed by atoms with Gasteiger partial charge in [-0.2, -0.15) is 11.3 Å². The van der Waals surface area contributed by atoms with Gasteiger partial charge in [0.2, 0.25) is 5.91 Å². The van der Waals surface area contributed by atoms with Gasteiger partial charge >= 0.3 is 5.97 Å². The molecular weight excluding hydrogens is 262 g/mol. The molecule has 1 amide bonds. The monoisotopic (exact) mass is 281 g/mol. The fraction of sp³-hybridized carbons (Fsp3) is 0.571. The van der Waals surface area contributed by atoms with Crippen molar-refractivity contribution in [2.45, 2.75) is 38.6 Å². The van der Waals surface area contributed by atoms with Gasteiger partial charge in [-0.1, -0.05) is 0 Å². The van der Waals surface area contributed by atoms with Crippen molar-refractivity contribution in [3.63, 3.8) is 0 Å². The van der Waals surface area contributed by atoms with Gasteiger partial charge in [-0.3, -0.25) is 4.79 Å². The van der Waals surface area contributed by atoms with Crippen molar-refractivity contribution in [3.8, 4) is 0 Å². The first kappa shape index (κ1) is 14.1. The van der Waals surface area contributed by atoms with Crippen LogP contribution in [0.1, 0.15) is 31.7 Å². The number of hydrogen-bond acceptors (Lipinski definition) is 4. The third kappa shape index (κ3) is 3.56. The fourth-order valence-electron chi connectivity index (χ4n) is 2.38. The minimum Gasteiger partial charge on any atom is -0.464 e. The van der Waals surface area contributed by atoms with Crippen LogP contribution in [0.25, 0.3) is 0 Å². The average molecular weight is 281 g/mol. The van der Waals surface area contributed by atoms with E-state index < -0.39 is 0 Å². The summed E-state index contributed by atoms with van der Waals surface area (Å²) in [5.74, 6) is -0.239. The number of carbonyl (C=O) groups excluding carboxylic acids is 2. The Hall–Kier alpha value is -1.36. The second kappa shape index (κ2) is 6.70. The molecule has 1 unspecified atom stereocenters. The van der Waals surface area contributed by atoms with E-state index in [2.05, 4.69) is 0 Å². The molecule has 5 heteroatoms. The quantitative estimate of drug-likeness (QED) is 0.795. The molecule has 0 aromatic carbocycles. The predicted molar refractivity (Wildman–Crippen MR) is 74.0 cm³/mol. The number of esters is 1. The van der Waals surface area contributed by atoms with E-state index in [0.717, 1.165) is 18.4 Å². The standard InChI is InChI=1S/C14H19NO3S/c1-2-18-14(17)12-5-3-4-7-15(12)13(16)9-11-6-8-19-10-11/h6,8,10,12H,2-5,7,9H2,1H3. The minimum atomic E-state index is -0.389. The molecule has 2 rings (SSSR count). The zero-order chi connectivity index (χ0) is 13.7. The van der Waals surface area contributed by atoms with E-state index in [1.54, 1.807) is 23.2 Å². The van der Waals surface area contributed by atoms with Crippen molar-refractivity contribution in [3.05, 3.63) is 22.4 Å². The van der Waals surface area contributed by atoms with Gasteiger partial charge in [0.15, 0.2) is 0 Å². The van der Waals surface area contributed by atoms with E-state index in [1.165, 1.54) is 0 Å². The normalized spacial score (nSPS) is 19.2. The fourth-order valence-corrected chi connectivity index (χ4v) is 3.05. The first-order valence-corrected chi connectivity index (χ1v) is 7.64. The lowest BCUT2D eigenvalue weighted by atomic mass is 10.0. The van der Waals surface area contributed by atoms with Crippen LogP contribution in [-0.4, -0.2) is 36.0 Å². The van der Waals surface area contributed by atoms with Crippen molar-refractivity contribution in [1.82, 2.24) is 4.90 Å². The summed E-state index contributed by atoms with van der Waals surface area (Å²) in [5, 5.41) is 3.93. The lowest BCUT2D eigenvalue weighted by Gasteiger charge is -2.34. The second-order valence-electron chi connectivity index (χ2n) is 4.66. The number of thiophene rings is 1. The van der Waals surface area contributed by atoms with Crippen LogP contribution in [0.3, 0.4) is 0 Å². The summed E-state index contributed by atoms with van der Waals surface area (Å²) >= 11 is 1.58. The van der Waals surface area contributed by atoms with Crippen LogP contribution in [0.2, 0.25) is 0 Å². The molecule has 1 atom stereocenters. The largest absolute Gasteiger partial charge is 0.464 e. The Morgan fingerprint density at radius 3 is 3.00 bits per heavy atom. The average Bonchev–Trinajstić information content (AvgIpc) is 2.92. The van der Waals surface area contributed by atoms with Crippen LogP contribution >= 0.6 is 11.3 Å². The molecule has 1 aliphatic heterocycles. The zero-order valence-corrected chi connectivity index (χ0v) is 11.9. The maximum Gasteiger partial charge on any atom is 0.328 e. The summed E-state index contributed by atoms with van der Waals surface area (Å²) in [4.78, 5) is 25.9. The van der Waals surface area contributed by atoms with Crippen molar-refractivity contribution < 1.29 is 14.3 Å². The molecule has 4 nitrogen and oxygen atoms in total. The van der Waals surface area contributed by atoms with E-state index >= 15 is 0 Å². The Kier molecular flexibility index (Phi) is 4.96. The second-order valence-corrected chi connectivity index (χ2v) is 5.44. The first-order valence-electron chi connectivity index (χ1n) is 6.69. The topological polar surface area (TPSA) is 46.6 Å². The number of piperidine rings is 1. The molecule has 1 saturated heterocycles. The number of ether oxygens (including phenoxy) is 1. The van der Waals surface area contributed by atoms with Crippen LogP contribution in [-0.2, 0) is 20.7 Å². The van der Waals surface area contributed by atoms with E-state index in [0.29, 0.717) is 26.0 Å². The highest BCUT2D eigenvalue weighted by atomic mass is 32.1. The third-order valence-corrected chi connectivity index (χ3v) is 4.05. The molecule has 0 saturated carbocycles. The Bertz CT molecular complexity index is 430. The molecule has 0 radical (unpaired) electrons. The van der Waals surface area contributed by atoms with Crippen LogP contribution in [0.15, 0.2) is 16.8 Å². The highest BCUT2D eigenvalue weighted by Gasteiger charge is 2.32. The van der Waals surface area contributed by atoms with Crippen molar-refractivity contribution in [1.29, 1.82) is 0 Å². The highest BCUT2D eigenvalue weighted by molar-refractivity contribution is 7.07. The molecule has 1 fully saturated rings. The SMILES string of the molecule is CCOC(=O)C1CCCCN1C(=O)Cc1ccsc1. The Morgan fingerprint density at radius 2 is 2.32 bits per heavy atom. The van der Waals surface area contributed by atoms with E-state index in [9.17, 15) is 9.59 Å². The van der Waals surface area contributed by atoms with Gasteiger partial charge in [-0.05, 0) is 48.6 Å². The molecule has 0 aliphatic carbocycles. The Morgan fingerprint density at radius 1 is 1.47 bits per heavy atom. The summed E-state index contributed by atoms with van der Waals surface area (Å²) in [6, 6.07) is 1.56. The van der Waals surface area contributed by atoms with Gasteiger partial charge in [-0.25, -0.2) is 4.79 Å². The van der Waals surface area contributed by atoms with Crippen LogP contribution in [0.4, 0.5) is 0 Å². The molecule has 2 heterocycles. The molecule has 104 valence electrons. The molecule has 0 N–H and O–H groups in total. The smallest absolute Gasteiger partial charge is 0.328 e.